The van der Waals surface area contributed by atoms with Gasteiger partial charge in [-0.15, -0.1) is 0 Å². The van der Waals surface area contributed by atoms with E-state index in [1.54, 1.807) is 12.1 Å². The monoisotopic (exact) mass is 375 g/mol. The second-order valence-corrected chi connectivity index (χ2v) is 8.75. The fraction of sp³-hybridized carbons (Fsp3) is 0.667. The van der Waals surface area contributed by atoms with E-state index in [-0.39, 0.29) is 11.0 Å². The molecule has 0 aliphatic carbocycles. The van der Waals surface area contributed by atoms with Crippen LogP contribution in [0.5, 0.6) is 0 Å². The Hall–Kier alpha value is -0.990. The van der Waals surface area contributed by atoms with Crippen LogP contribution < -0.4 is 5.32 Å². The number of hydrogen-bond acceptors (Lipinski definition) is 4. The Morgan fingerprint density at radius 2 is 1.68 bits per heavy atom. The van der Waals surface area contributed by atoms with Gasteiger partial charge in [-0.3, -0.25) is 4.55 Å². The predicted octanol–water partition coefficient (Wildman–Crippen LogP) is 2.08. The summed E-state index contributed by atoms with van der Waals surface area (Å²) in [5.74, 6) is 0. The summed E-state index contributed by atoms with van der Waals surface area (Å²) in [6.45, 7) is 6.60. The van der Waals surface area contributed by atoms with Gasteiger partial charge in [0.05, 0.1) is 26.0 Å². The average molecular weight is 376 g/mol. The van der Waals surface area contributed by atoms with Gasteiger partial charge in [0, 0.05) is 6.54 Å². The summed E-state index contributed by atoms with van der Waals surface area (Å²) >= 11 is 0. The van der Waals surface area contributed by atoms with E-state index in [0.717, 1.165) is 29.7 Å². The van der Waals surface area contributed by atoms with Crippen LogP contribution in [-0.4, -0.2) is 69.4 Å². The lowest BCUT2D eigenvalue weighted by Gasteiger charge is -2.26. The zero-order valence-corrected chi connectivity index (χ0v) is 17.0. The molecule has 0 radical (unpaired) electrons. The molecule has 0 heterocycles. The molecule has 0 aliphatic heterocycles. The second kappa shape index (κ2) is 11.6. The quantitative estimate of drug-likeness (QED) is 0.349. The maximum Gasteiger partial charge on any atom is 0.294 e. The number of benzene rings is 1. The molecule has 1 rings (SSSR count). The van der Waals surface area contributed by atoms with Crippen LogP contribution >= 0.6 is 0 Å². The van der Waals surface area contributed by atoms with Crippen LogP contribution in [-0.2, 0) is 10.1 Å². The van der Waals surface area contributed by atoms with Gasteiger partial charge in [0.15, 0.2) is 0 Å². The molecule has 146 valence electrons. The minimum atomic E-state index is -4.02. The highest BCUT2D eigenvalue weighted by Gasteiger charge is 2.14. The molecule has 0 aliphatic rings. The predicted molar refractivity (Wildman–Crippen MR) is 102 cm³/mol. The summed E-state index contributed by atoms with van der Waals surface area (Å²) in [4.78, 5) is -0.0666. The first-order valence-electron chi connectivity index (χ1n) is 8.69. The summed E-state index contributed by atoms with van der Waals surface area (Å²) < 4.78 is 30.4. The molecule has 0 bridgehead atoms. The van der Waals surface area contributed by atoms with E-state index in [0.29, 0.717) is 0 Å². The molecule has 0 aromatic heterocycles. The molecule has 0 saturated carbocycles. The highest BCUT2D eigenvalue weighted by Crippen LogP contribution is 2.08. The van der Waals surface area contributed by atoms with E-state index in [1.807, 2.05) is 6.92 Å². The Labute approximate surface area is 153 Å². The molecular weight excluding hydrogens is 340 g/mol. The van der Waals surface area contributed by atoms with Gasteiger partial charge in [-0.2, -0.15) is 8.42 Å². The lowest BCUT2D eigenvalue weighted by molar-refractivity contribution is -0.873. The van der Waals surface area contributed by atoms with Crippen molar-refractivity contribution >= 4 is 10.1 Å². The molecule has 6 nitrogen and oxygen atoms in total. The number of aliphatic hydroxyl groups is 1. The summed E-state index contributed by atoms with van der Waals surface area (Å²) in [7, 11) is 2.27. The molecule has 0 spiro atoms. The van der Waals surface area contributed by atoms with E-state index in [2.05, 4.69) is 33.4 Å². The van der Waals surface area contributed by atoms with Crippen molar-refractivity contribution in [1.82, 2.24) is 5.32 Å². The van der Waals surface area contributed by atoms with Crippen molar-refractivity contribution in [2.24, 2.45) is 0 Å². The van der Waals surface area contributed by atoms with Crippen molar-refractivity contribution in [1.29, 1.82) is 0 Å². The molecule has 1 aromatic carbocycles. The summed E-state index contributed by atoms with van der Waals surface area (Å²) in [5.41, 5.74) is 0.956. The van der Waals surface area contributed by atoms with Gasteiger partial charge in [-0.1, -0.05) is 37.5 Å². The normalized spacial score (nSPS) is 13.1. The largest absolute Gasteiger partial charge is 0.386 e. The first kappa shape index (κ1) is 24.0. The molecule has 7 heteroatoms. The first-order valence-corrected chi connectivity index (χ1v) is 10.1. The third-order valence-electron chi connectivity index (χ3n) is 3.41. The van der Waals surface area contributed by atoms with Crippen molar-refractivity contribution in [3.05, 3.63) is 29.8 Å². The van der Waals surface area contributed by atoms with Crippen LogP contribution in [0.1, 0.15) is 31.7 Å². The van der Waals surface area contributed by atoms with Crippen LogP contribution in [0, 0.1) is 6.92 Å². The Morgan fingerprint density at radius 3 is 2.12 bits per heavy atom. The van der Waals surface area contributed by atoms with Crippen LogP contribution in [0.3, 0.4) is 0 Å². The molecule has 3 N–H and O–H groups in total. The minimum absolute atomic E-state index is 0.0666. The number of unbranched alkanes of at least 4 members (excludes halogenated alkanes) is 2. The maximum absolute atomic E-state index is 10.5. The molecule has 0 fully saturated rings. The van der Waals surface area contributed by atoms with Gasteiger partial charge in [-0.05, 0) is 32.0 Å². The smallest absolute Gasteiger partial charge is 0.294 e. The molecule has 1 aromatic rings. The van der Waals surface area contributed by atoms with Crippen LogP contribution in [0.15, 0.2) is 29.2 Å². The number of likely N-dealkylation sites (N-methyl/N-ethyl adjacent to an activating group) is 1. The second-order valence-electron chi connectivity index (χ2n) is 7.33. The minimum Gasteiger partial charge on any atom is -0.386 e. The van der Waals surface area contributed by atoms with Gasteiger partial charge >= 0.3 is 0 Å². The van der Waals surface area contributed by atoms with Crippen LogP contribution in [0.2, 0.25) is 0 Å². The number of nitrogens with one attached hydrogen (secondary N) is 1. The number of hydrogen-bond donors (Lipinski definition) is 3. The van der Waals surface area contributed by atoms with Crippen molar-refractivity contribution in [2.45, 2.75) is 44.1 Å². The van der Waals surface area contributed by atoms with E-state index in [4.69, 9.17) is 4.55 Å². The third-order valence-corrected chi connectivity index (χ3v) is 4.28. The van der Waals surface area contributed by atoms with Crippen molar-refractivity contribution in [2.75, 3.05) is 40.8 Å². The molecular formula is C18H35N2O4S+. The Bertz CT molecular complexity index is 566. The lowest BCUT2D eigenvalue weighted by Crippen LogP contribution is -2.45. The zero-order valence-electron chi connectivity index (χ0n) is 16.2. The van der Waals surface area contributed by atoms with Gasteiger partial charge < -0.3 is 14.9 Å². The fourth-order valence-electron chi connectivity index (χ4n) is 2.18. The van der Waals surface area contributed by atoms with Gasteiger partial charge in [-0.25, -0.2) is 0 Å². The van der Waals surface area contributed by atoms with Crippen molar-refractivity contribution in [3.8, 4) is 0 Å². The van der Waals surface area contributed by atoms with Crippen LogP contribution in [0.4, 0.5) is 0 Å². The highest BCUT2D eigenvalue weighted by atomic mass is 32.2. The Kier molecular flexibility index (Phi) is 11.1. The topological polar surface area (TPSA) is 86.6 Å². The molecule has 0 saturated heterocycles. The molecule has 1 unspecified atom stereocenters. The first-order chi connectivity index (χ1) is 11.5. The van der Waals surface area contributed by atoms with Gasteiger partial charge in [0.25, 0.3) is 10.1 Å². The Morgan fingerprint density at radius 1 is 1.12 bits per heavy atom. The standard InChI is InChI=1S/C11H27N2O.C7H8O3S/c1-5-6-7-8-12-9-11(14)10-13(2,3)4;1-6-2-4-7(5-3-6)11(8,9)10/h11-12,14H,5-10H2,1-4H3;2-5H,1H3,(H,8,9,10)/q+1;. The fourth-order valence-corrected chi connectivity index (χ4v) is 2.66. The average Bonchev–Trinajstić information content (AvgIpc) is 2.45. The van der Waals surface area contributed by atoms with Crippen molar-refractivity contribution in [3.63, 3.8) is 0 Å². The molecule has 0 amide bonds. The third kappa shape index (κ3) is 13.9. The van der Waals surface area contributed by atoms with Crippen molar-refractivity contribution < 1.29 is 22.6 Å². The number of aryl methyl sites for hydroxylation is 1. The van der Waals surface area contributed by atoms with Gasteiger partial charge in [0.2, 0.25) is 0 Å². The summed E-state index contributed by atoms with van der Waals surface area (Å²) in [6, 6.07) is 5.99. The maximum atomic E-state index is 10.5. The number of aliphatic hydroxyl groups excluding tert-OH is 1. The zero-order chi connectivity index (χ0) is 19.5. The van der Waals surface area contributed by atoms with E-state index >= 15 is 0 Å². The number of quaternary nitrogens is 1. The van der Waals surface area contributed by atoms with E-state index in [1.165, 1.54) is 31.4 Å². The number of nitrogens with zero attached hydrogens (tertiary/aromatic N) is 1. The summed E-state index contributed by atoms with van der Waals surface area (Å²) in [5, 5.41) is 12.9. The highest BCUT2D eigenvalue weighted by molar-refractivity contribution is 7.85. The Balaban J connectivity index is 0.000000472. The number of rotatable bonds is 9. The summed E-state index contributed by atoms with van der Waals surface area (Å²) in [6.07, 6.45) is 3.52. The van der Waals surface area contributed by atoms with E-state index < -0.39 is 10.1 Å². The lowest BCUT2D eigenvalue weighted by atomic mass is 10.2. The van der Waals surface area contributed by atoms with E-state index in [9.17, 15) is 13.5 Å². The molecule has 1 atom stereocenters. The van der Waals surface area contributed by atoms with Crippen LogP contribution in [0.25, 0.3) is 0 Å². The SMILES string of the molecule is CCCCCNCC(O)C[N+](C)(C)C.Cc1ccc(S(=O)(=O)O)cc1. The van der Waals surface area contributed by atoms with Gasteiger partial charge in [0.1, 0.15) is 12.6 Å². The molecule has 25 heavy (non-hydrogen) atoms.